The van der Waals surface area contributed by atoms with E-state index in [1.165, 1.54) is 24.8 Å². The zero-order valence-corrected chi connectivity index (χ0v) is 11.7. The first kappa shape index (κ1) is 13.1. The van der Waals surface area contributed by atoms with Crippen LogP contribution < -0.4 is 0 Å². The quantitative estimate of drug-likeness (QED) is 0.904. The van der Waals surface area contributed by atoms with E-state index in [9.17, 15) is 5.11 Å². The standard InChI is InChI=1S/C17H24O2/c1-17(12-18)11-15-10-14(7-8-16(15)19-17)9-13-5-3-2-4-6-13/h2-6,14-16,18H,7-12H2,1H3/t14?,15?,16-,17?/m0/s1. The number of aliphatic hydroxyl groups is 1. The largest absolute Gasteiger partial charge is 0.393 e. The normalized spacial score (nSPS) is 38.1. The van der Waals surface area contributed by atoms with Crippen molar-refractivity contribution in [1.82, 2.24) is 0 Å². The van der Waals surface area contributed by atoms with Gasteiger partial charge >= 0.3 is 0 Å². The van der Waals surface area contributed by atoms with Crippen LogP contribution in [0.2, 0.25) is 0 Å². The van der Waals surface area contributed by atoms with E-state index < -0.39 is 0 Å². The molecule has 1 saturated carbocycles. The van der Waals surface area contributed by atoms with Crippen molar-refractivity contribution in [3.05, 3.63) is 35.9 Å². The summed E-state index contributed by atoms with van der Waals surface area (Å²) in [7, 11) is 0. The van der Waals surface area contributed by atoms with Crippen molar-refractivity contribution in [2.75, 3.05) is 6.61 Å². The smallest absolute Gasteiger partial charge is 0.0891 e. The minimum atomic E-state index is -0.281. The van der Waals surface area contributed by atoms with Gasteiger partial charge in [-0.1, -0.05) is 30.3 Å². The third-order valence-corrected chi connectivity index (χ3v) is 4.85. The maximum Gasteiger partial charge on any atom is 0.0891 e. The molecule has 1 aromatic rings. The molecule has 3 rings (SSSR count). The number of fused-ring (bicyclic) bond motifs is 1. The maximum absolute atomic E-state index is 9.45. The Labute approximate surface area is 115 Å². The molecule has 0 radical (unpaired) electrons. The zero-order chi connectivity index (χ0) is 13.3. The molecule has 1 heterocycles. The minimum absolute atomic E-state index is 0.156. The lowest BCUT2D eigenvalue weighted by atomic mass is 9.75. The predicted octanol–water partition coefficient (Wildman–Crippen LogP) is 3.19. The van der Waals surface area contributed by atoms with Gasteiger partial charge in [0.05, 0.1) is 18.3 Å². The van der Waals surface area contributed by atoms with Gasteiger partial charge in [-0.3, -0.25) is 0 Å². The molecule has 1 aliphatic carbocycles. The lowest BCUT2D eigenvalue weighted by Gasteiger charge is -2.30. The van der Waals surface area contributed by atoms with Crippen LogP contribution in [0.4, 0.5) is 0 Å². The Morgan fingerprint density at radius 3 is 2.79 bits per heavy atom. The second-order valence-corrected chi connectivity index (χ2v) is 6.60. The predicted molar refractivity (Wildman–Crippen MR) is 76.0 cm³/mol. The fraction of sp³-hybridized carbons (Fsp3) is 0.647. The van der Waals surface area contributed by atoms with E-state index in [0.717, 1.165) is 18.8 Å². The molecule has 0 spiro atoms. The molecule has 3 unspecified atom stereocenters. The molecule has 2 heteroatoms. The van der Waals surface area contributed by atoms with Gasteiger partial charge in [0, 0.05) is 0 Å². The van der Waals surface area contributed by atoms with Crippen LogP contribution in [0.25, 0.3) is 0 Å². The lowest BCUT2D eigenvalue weighted by molar-refractivity contribution is -0.0719. The number of ether oxygens (including phenoxy) is 1. The monoisotopic (exact) mass is 260 g/mol. The van der Waals surface area contributed by atoms with Crippen LogP contribution in [0, 0.1) is 11.8 Å². The Balaban J connectivity index is 1.61. The molecule has 2 fully saturated rings. The van der Waals surface area contributed by atoms with E-state index in [-0.39, 0.29) is 12.2 Å². The maximum atomic E-state index is 9.45. The summed E-state index contributed by atoms with van der Waals surface area (Å²) >= 11 is 0. The number of aliphatic hydroxyl groups excluding tert-OH is 1. The van der Waals surface area contributed by atoms with Gasteiger partial charge < -0.3 is 9.84 Å². The first-order valence-corrected chi connectivity index (χ1v) is 7.51. The highest BCUT2D eigenvalue weighted by Gasteiger charge is 2.45. The van der Waals surface area contributed by atoms with Crippen molar-refractivity contribution in [3.8, 4) is 0 Å². The molecule has 1 aromatic carbocycles. The van der Waals surface area contributed by atoms with E-state index in [2.05, 4.69) is 37.3 Å². The summed E-state index contributed by atoms with van der Waals surface area (Å²) in [4.78, 5) is 0. The Morgan fingerprint density at radius 1 is 1.26 bits per heavy atom. The van der Waals surface area contributed by atoms with Crippen molar-refractivity contribution >= 4 is 0 Å². The van der Waals surface area contributed by atoms with Gasteiger partial charge in [0.25, 0.3) is 0 Å². The molecule has 0 amide bonds. The van der Waals surface area contributed by atoms with E-state index in [1.54, 1.807) is 0 Å². The Morgan fingerprint density at radius 2 is 2.05 bits per heavy atom. The summed E-state index contributed by atoms with van der Waals surface area (Å²) in [5.74, 6) is 1.44. The van der Waals surface area contributed by atoms with Crippen LogP contribution in [0.1, 0.15) is 38.2 Å². The molecular formula is C17H24O2. The fourth-order valence-electron chi connectivity index (χ4n) is 3.91. The van der Waals surface area contributed by atoms with Gasteiger partial charge in [0.2, 0.25) is 0 Å². The number of hydrogen-bond donors (Lipinski definition) is 1. The summed E-state index contributed by atoms with van der Waals surface area (Å²) in [5.41, 5.74) is 1.17. The third-order valence-electron chi connectivity index (χ3n) is 4.85. The third kappa shape index (κ3) is 2.85. The topological polar surface area (TPSA) is 29.5 Å². The molecular weight excluding hydrogens is 236 g/mol. The molecule has 1 N–H and O–H groups in total. The zero-order valence-electron chi connectivity index (χ0n) is 11.7. The van der Waals surface area contributed by atoms with Crippen LogP contribution in [0.5, 0.6) is 0 Å². The lowest BCUT2D eigenvalue weighted by Crippen LogP contribution is -2.29. The van der Waals surface area contributed by atoms with Crippen molar-refractivity contribution in [1.29, 1.82) is 0 Å². The fourth-order valence-corrected chi connectivity index (χ4v) is 3.91. The molecule has 0 bridgehead atoms. The number of benzene rings is 1. The van der Waals surface area contributed by atoms with Crippen molar-refractivity contribution in [2.24, 2.45) is 11.8 Å². The Bertz CT molecular complexity index is 417. The molecule has 2 nitrogen and oxygen atoms in total. The van der Waals surface area contributed by atoms with E-state index in [4.69, 9.17) is 4.74 Å². The summed E-state index contributed by atoms with van der Waals surface area (Å²) in [6, 6.07) is 10.8. The minimum Gasteiger partial charge on any atom is -0.393 e. The van der Waals surface area contributed by atoms with Crippen LogP contribution >= 0.6 is 0 Å². The number of rotatable bonds is 3. The average molecular weight is 260 g/mol. The molecule has 19 heavy (non-hydrogen) atoms. The second kappa shape index (κ2) is 5.26. The van der Waals surface area contributed by atoms with Gasteiger partial charge in [-0.15, -0.1) is 0 Å². The Kier molecular flexibility index (Phi) is 3.64. The van der Waals surface area contributed by atoms with Crippen molar-refractivity contribution < 1.29 is 9.84 Å². The van der Waals surface area contributed by atoms with Gasteiger partial charge in [-0.05, 0) is 56.4 Å². The molecule has 1 aliphatic heterocycles. The van der Waals surface area contributed by atoms with Crippen LogP contribution in [-0.2, 0) is 11.2 Å². The molecule has 2 aliphatic rings. The number of hydrogen-bond acceptors (Lipinski definition) is 2. The highest BCUT2D eigenvalue weighted by atomic mass is 16.5. The molecule has 0 aromatic heterocycles. The van der Waals surface area contributed by atoms with Crippen molar-refractivity contribution in [2.45, 2.75) is 50.7 Å². The van der Waals surface area contributed by atoms with Gasteiger partial charge in [0.15, 0.2) is 0 Å². The van der Waals surface area contributed by atoms with Crippen LogP contribution in [-0.4, -0.2) is 23.4 Å². The van der Waals surface area contributed by atoms with Gasteiger partial charge in [-0.25, -0.2) is 0 Å². The van der Waals surface area contributed by atoms with Gasteiger partial charge in [-0.2, -0.15) is 0 Å². The highest BCUT2D eigenvalue weighted by molar-refractivity contribution is 5.15. The van der Waals surface area contributed by atoms with Crippen LogP contribution in [0.3, 0.4) is 0 Å². The van der Waals surface area contributed by atoms with Crippen LogP contribution in [0.15, 0.2) is 30.3 Å². The first-order valence-electron chi connectivity index (χ1n) is 7.51. The SMILES string of the molecule is CC1(CO)CC2CC(Cc3ccccc3)CC[C@@H]2O1. The highest BCUT2D eigenvalue weighted by Crippen LogP contribution is 2.44. The molecule has 104 valence electrons. The summed E-state index contributed by atoms with van der Waals surface area (Å²) < 4.78 is 6.05. The molecule has 1 saturated heterocycles. The summed E-state index contributed by atoms with van der Waals surface area (Å²) in [6.07, 6.45) is 6.30. The molecule has 4 atom stereocenters. The van der Waals surface area contributed by atoms with E-state index in [1.807, 2.05) is 0 Å². The summed E-state index contributed by atoms with van der Waals surface area (Å²) in [6.45, 7) is 2.21. The Hall–Kier alpha value is -0.860. The van der Waals surface area contributed by atoms with Gasteiger partial charge in [0.1, 0.15) is 0 Å². The summed E-state index contributed by atoms with van der Waals surface area (Å²) in [5, 5.41) is 9.45. The van der Waals surface area contributed by atoms with E-state index >= 15 is 0 Å². The van der Waals surface area contributed by atoms with Crippen molar-refractivity contribution in [3.63, 3.8) is 0 Å². The first-order chi connectivity index (χ1) is 9.18. The second-order valence-electron chi connectivity index (χ2n) is 6.60. The van der Waals surface area contributed by atoms with E-state index in [0.29, 0.717) is 12.0 Å². The average Bonchev–Trinajstić information content (AvgIpc) is 2.76.